The van der Waals surface area contributed by atoms with Crippen LogP contribution in [0.3, 0.4) is 0 Å². The molecule has 1 aliphatic heterocycles. The zero-order valence-corrected chi connectivity index (χ0v) is 9.16. The average Bonchev–Trinajstić information content (AvgIpc) is 2.80. The molecule has 0 aromatic heterocycles. The van der Waals surface area contributed by atoms with Crippen LogP contribution in [0.5, 0.6) is 0 Å². The predicted molar refractivity (Wildman–Crippen MR) is 64.6 cm³/mol. The smallest absolute Gasteiger partial charge is 0.0400 e. The van der Waals surface area contributed by atoms with Crippen LogP contribution in [-0.4, -0.2) is 12.6 Å². The summed E-state index contributed by atoms with van der Waals surface area (Å²) in [4.78, 5) is 0. The lowest BCUT2D eigenvalue weighted by atomic mass is 9.98. The summed E-state index contributed by atoms with van der Waals surface area (Å²) in [5, 5.41) is 3.52. The minimum atomic E-state index is 0.489. The van der Waals surface area contributed by atoms with Gasteiger partial charge < -0.3 is 5.32 Å². The van der Waals surface area contributed by atoms with Gasteiger partial charge in [-0.25, -0.2) is 0 Å². The van der Waals surface area contributed by atoms with Crippen molar-refractivity contribution in [3.05, 3.63) is 47.7 Å². The van der Waals surface area contributed by atoms with Gasteiger partial charge >= 0.3 is 0 Å². The molecular formula is C14H17N. The summed E-state index contributed by atoms with van der Waals surface area (Å²) < 4.78 is 0. The highest BCUT2D eigenvalue weighted by Gasteiger charge is 2.19. The van der Waals surface area contributed by atoms with E-state index in [1.54, 1.807) is 0 Å². The summed E-state index contributed by atoms with van der Waals surface area (Å²) in [6, 6.07) is 11.0. The van der Waals surface area contributed by atoms with Gasteiger partial charge in [-0.15, -0.1) is 5.73 Å². The van der Waals surface area contributed by atoms with E-state index in [0.29, 0.717) is 6.04 Å². The van der Waals surface area contributed by atoms with Gasteiger partial charge in [-0.1, -0.05) is 30.3 Å². The lowest BCUT2D eigenvalue weighted by Gasteiger charge is -2.13. The molecule has 0 amide bonds. The maximum absolute atomic E-state index is 3.52. The third-order valence-corrected chi connectivity index (χ3v) is 2.79. The molecule has 1 aromatic rings. The molecule has 0 aliphatic carbocycles. The maximum Gasteiger partial charge on any atom is 0.0400 e. The third-order valence-electron chi connectivity index (χ3n) is 2.79. The first-order chi connectivity index (χ1) is 7.42. The van der Waals surface area contributed by atoms with Crippen molar-refractivity contribution in [2.75, 3.05) is 6.54 Å². The molecule has 1 fully saturated rings. The SMILES string of the molecule is CC=C=C(c1ccccc1)C1CCCN1. The van der Waals surface area contributed by atoms with Crippen LogP contribution in [0.15, 0.2) is 42.1 Å². The van der Waals surface area contributed by atoms with E-state index in [2.05, 4.69) is 41.4 Å². The molecular weight excluding hydrogens is 182 g/mol. The zero-order valence-electron chi connectivity index (χ0n) is 9.16. The number of benzene rings is 1. The quantitative estimate of drug-likeness (QED) is 0.722. The summed E-state index contributed by atoms with van der Waals surface area (Å²) in [5.74, 6) is 0. The number of rotatable bonds is 2. The van der Waals surface area contributed by atoms with Crippen LogP contribution in [0.4, 0.5) is 0 Å². The number of nitrogens with one attached hydrogen (secondary N) is 1. The summed E-state index contributed by atoms with van der Waals surface area (Å²) in [7, 11) is 0. The van der Waals surface area contributed by atoms with Gasteiger partial charge in [0.2, 0.25) is 0 Å². The van der Waals surface area contributed by atoms with Crippen molar-refractivity contribution in [2.45, 2.75) is 25.8 Å². The zero-order chi connectivity index (χ0) is 10.5. The minimum Gasteiger partial charge on any atom is -0.309 e. The molecule has 15 heavy (non-hydrogen) atoms. The molecule has 0 saturated carbocycles. The van der Waals surface area contributed by atoms with Gasteiger partial charge in [0.1, 0.15) is 0 Å². The van der Waals surface area contributed by atoms with Gasteiger partial charge in [0.05, 0.1) is 0 Å². The second kappa shape index (κ2) is 4.97. The van der Waals surface area contributed by atoms with Crippen LogP contribution in [0, 0.1) is 0 Å². The summed E-state index contributed by atoms with van der Waals surface area (Å²) in [6.45, 7) is 3.16. The maximum atomic E-state index is 3.52. The van der Waals surface area contributed by atoms with Crippen LogP contribution in [0.2, 0.25) is 0 Å². The van der Waals surface area contributed by atoms with E-state index in [-0.39, 0.29) is 0 Å². The highest BCUT2D eigenvalue weighted by Crippen LogP contribution is 2.22. The van der Waals surface area contributed by atoms with E-state index in [9.17, 15) is 0 Å². The normalized spacial score (nSPS) is 19.7. The van der Waals surface area contributed by atoms with E-state index >= 15 is 0 Å². The molecule has 1 aliphatic rings. The van der Waals surface area contributed by atoms with Gasteiger partial charge in [0.25, 0.3) is 0 Å². The molecule has 1 N–H and O–H groups in total. The fraction of sp³-hybridized carbons (Fsp3) is 0.357. The van der Waals surface area contributed by atoms with Crippen molar-refractivity contribution in [3.8, 4) is 0 Å². The number of hydrogen-bond donors (Lipinski definition) is 1. The molecule has 1 heterocycles. The Hall–Kier alpha value is -1.30. The molecule has 2 rings (SSSR count). The Labute approximate surface area is 91.5 Å². The first-order valence-electron chi connectivity index (χ1n) is 5.62. The van der Waals surface area contributed by atoms with Crippen LogP contribution in [0.1, 0.15) is 25.3 Å². The predicted octanol–water partition coefficient (Wildman–Crippen LogP) is 3.00. The van der Waals surface area contributed by atoms with E-state index in [1.165, 1.54) is 24.0 Å². The summed E-state index contributed by atoms with van der Waals surface area (Å²) >= 11 is 0. The second-order valence-corrected chi connectivity index (χ2v) is 3.86. The Bertz CT molecular complexity index is 366. The van der Waals surface area contributed by atoms with Gasteiger partial charge in [-0.05, 0) is 37.9 Å². The fourth-order valence-corrected chi connectivity index (χ4v) is 2.09. The first kappa shape index (κ1) is 10.2. The Balaban J connectivity index is 2.32. The second-order valence-electron chi connectivity index (χ2n) is 3.86. The summed E-state index contributed by atoms with van der Waals surface area (Å²) in [6.07, 6.45) is 4.50. The van der Waals surface area contributed by atoms with Crippen LogP contribution >= 0.6 is 0 Å². The molecule has 0 radical (unpaired) electrons. The highest BCUT2D eigenvalue weighted by atomic mass is 14.9. The Morgan fingerprint density at radius 3 is 2.80 bits per heavy atom. The van der Waals surface area contributed by atoms with Crippen LogP contribution in [0.25, 0.3) is 5.57 Å². The molecule has 1 saturated heterocycles. The van der Waals surface area contributed by atoms with E-state index in [4.69, 9.17) is 0 Å². The third kappa shape index (κ3) is 2.38. The van der Waals surface area contributed by atoms with Crippen molar-refractivity contribution in [2.24, 2.45) is 0 Å². The standard InChI is InChI=1S/C14H17N/c1-2-7-13(14-10-6-11-15-14)12-8-4-3-5-9-12/h2-5,8-9,14-15H,6,10-11H2,1H3. The minimum absolute atomic E-state index is 0.489. The van der Waals surface area contributed by atoms with E-state index in [0.717, 1.165) is 6.54 Å². The first-order valence-corrected chi connectivity index (χ1v) is 5.62. The molecule has 1 aromatic carbocycles. The molecule has 0 spiro atoms. The fourth-order valence-electron chi connectivity index (χ4n) is 2.09. The molecule has 1 nitrogen and oxygen atoms in total. The molecule has 0 bridgehead atoms. The number of hydrogen-bond acceptors (Lipinski definition) is 1. The van der Waals surface area contributed by atoms with Crippen molar-refractivity contribution in [3.63, 3.8) is 0 Å². The molecule has 78 valence electrons. The molecule has 1 atom stereocenters. The molecule has 1 heteroatoms. The van der Waals surface area contributed by atoms with E-state index in [1.807, 2.05) is 13.0 Å². The Morgan fingerprint density at radius 1 is 1.40 bits per heavy atom. The Morgan fingerprint density at radius 2 is 2.20 bits per heavy atom. The lowest BCUT2D eigenvalue weighted by Crippen LogP contribution is -2.22. The van der Waals surface area contributed by atoms with Crippen molar-refractivity contribution in [1.82, 2.24) is 5.32 Å². The van der Waals surface area contributed by atoms with E-state index < -0.39 is 0 Å². The molecule has 1 unspecified atom stereocenters. The Kier molecular flexibility index (Phi) is 3.39. The average molecular weight is 199 g/mol. The largest absolute Gasteiger partial charge is 0.309 e. The van der Waals surface area contributed by atoms with Crippen molar-refractivity contribution < 1.29 is 0 Å². The highest BCUT2D eigenvalue weighted by molar-refractivity contribution is 5.69. The van der Waals surface area contributed by atoms with Crippen molar-refractivity contribution in [1.29, 1.82) is 0 Å². The van der Waals surface area contributed by atoms with Crippen LogP contribution < -0.4 is 5.32 Å². The monoisotopic (exact) mass is 199 g/mol. The lowest BCUT2D eigenvalue weighted by molar-refractivity contribution is 0.744. The summed E-state index contributed by atoms with van der Waals surface area (Å²) in [5.41, 5.74) is 5.96. The van der Waals surface area contributed by atoms with Crippen LogP contribution in [-0.2, 0) is 0 Å². The topological polar surface area (TPSA) is 12.0 Å². The van der Waals surface area contributed by atoms with Gasteiger partial charge in [0.15, 0.2) is 0 Å². The van der Waals surface area contributed by atoms with Crippen molar-refractivity contribution >= 4 is 5.57 Å². The van der Waals surface area contributed by atoms with Gasteiger partial charge in [0, 0.05) is 11.6 Å². The van der Waals surface area contributed by atoms with Gasteiger partial charge in [-0.2, -0.15) is 0 Å². The van der Waals surface area contributed by atoms with Gasteiger partial charge in [-0.3, -0.25) is 0 Å².